The molecule has 0 bridgehead atoms. The number of pyridine rings is 1. The molecule has 2 aromatic carbocycles. The van der Waals surface area contributed by atoms with Gasteiger partial charge in [0.25, 0.3) is 10.0 Å². The van der Waals surface area contributed by atoms with Crippen LogP contribution in [0.2, 0.25) is 5.02 Å². The smallest absolute Gasteiger partial charge is 0.264 e. The number of H-pyrrole nitrogens is 1. The number of aromatic amines is 1. The number of rotatable bonds is 7. The lowest BCUT2D eigenvalue weighted by molar-refractivity contribution is 0.570. The van der Waals surface area contributed by atoms with E-state index in [0.717, 1.165) is 28.8 Å². The SMILES string of the molecule is Cc1n[nH]c2nc(-c3ccc(NS(=O)(=O)c4cc(Cl)ccc4F)cc3)nc(NCc3ccncc3)c12. The molecule has 0 spiro atoms. The summed E-state index contributed by atoms with van der Waals surface area (Å²) in [6.45, 7) is 2.39. The normalized spacial score (nSPS) is 11.5. The quantitative estimate of drug-likeness (QED) is 0.276. The third kappa shape index (κ3) is 4.83. The summed E-state index contributed by atoms with van der Waals surface area (Å²) in [7, 11) is -4.18. The van der Waals surface area contributed by atoms with Crippen molar-refractivity contribution in [3.63, 3.8) is 0 Å². The summed E-state index contributed by atoms with van der Waals surface area (Å²) < 4.78 is 41.8. The van der Waals surface area contributed by atoms with Gasteiger partial charge in [-0.25, -0.2) is 22.8 Å². The molecule has 0 atom stereocenters. The standard InChI is InChI=1S/C24H19ClFN7O2S/c1-14-21-23(28-13-15-8-10-27-11-9-15)29-22(30-24(21)32-31-14)16-2-5-18(6-3-16)33-36(34,35)20-12-17(25)4-7-19(20)26/h2-12,33H,13H2,1H3,(H2,28,29,30,31,32). The van der Waals surface area contributed by atoms with Crippen molar-refractivity contribution in [1.29, 1.82) is 0 Å². The summed E-state index contributed by atoms with van der Waals surface area (Å²) in [5, 5.41) is 11.4. The molecule has 0 fully saturated rings. The van der Waals surface area contributed by atoms with Gasteiger partial charge in [0.2, 0.25) is 0 Å². The molecule has 0 radical (unpaired) electrons. The number of nitrogens with zero attached hydrogens (tertiary/aromatic N) is 4. The molecular formula is C24H19ClFN7O2S. The van der Waals surface area contributed by atoms with E-state index in [4.69, 9.17) is 16.6 Å². The van der Waals surface area contributed by atoms with Gasteiger partial charge in [0.1, 0.15) is 16.5 Å². The Morgan fingerprint density at radius 3 is 2.53 bits per heavy atom. The lowest BCUT2D eigenvalue weighted by Gasteiger charge is -2.11. The maximum atomic E-state index is 14.1. The molecular weight excluding hydrogens is 505 g/mol. The van der Waals surface area contributed by atoms with Gasteiger partial charge in [-0.3, -0.25) is 14.8 Å². The molecule has 182 valence electrons. The lowest BCUT2D eigenvalue weighted by atomic mass is 10.2. The van der Waals surface area contributed by atoms with Crippen molar-refractivity contribution >= 4 is 44.2 Å². The van der Waals surface area contributed by atoms with Gasteiger partial charge >= 0.3 is 0 Å². The molecule has 12 heteroatoms. The van der Waals surface area contributed by atoms with Gasteiger partial charge in [-0.05, 0) is 67.1 Å². The van der Waals surface area contributed by atoms with E-state index in [0.29, 0.717) is 29.4 Å². The van der Waals surface area contributed by atoms with Crippen LogP contribution >= 0.6 is 11.6 Å². The van der Waals surface area contributed by atoms with E-state index in [1.165, 1.54) is 6.07 Å². The first-order valence-electron chi connectivity index (χ1n) is 10.7. The van der Waals surface area contributed by atoms with Crippen molar-refractivity contribution in [3.8, 4) is 11.4 Å². The first-order chi connectivity index (χ1) is 17.3. The monoisotopic (exact) mass is 523 g/mol. The van der Waals surface area contributed by atoms with Crippen LogP contribution in [0.3, 0.4) is 0 Å². The summed E-state index contributed by atoms with van der Waals surface area (Å²) in [5.74, 6) is 0.129. The van der Waals surface area contributed by atoms with Gasteiger partial charge in [-0.15, -0.1) is 0 Å². The Labute approximate surface area is 210 Å². The van der Waals surface area contributed by atoms with Crippen molar-refractivity contribution in [2.45, 2.75) is 18.4 Å². The summed E-state index contributed by atoms with van der Waals surface area (Å²) in [6.07, 6.45) is 3.44. The fraction of sp³-hybridized carbons (Fsp3) is 0.0833. The number of hydrogen-bond donors (Lipinski definition) is 3. The molecule has 0 aliphatic heterocycles. The zero-order valence-electron chi connectivity index (χ0n) is 18.8. The second-order valence-electron chi connectivity index (χ2n) is 7.90. The Bertz CT molecular complexity index is 1660. The topological polar surface area (TPSA) is 126 Å². The summed E-state index contributed by atoms with van der Waals surface area (Å²) in [5.41, 5.74) is 3.25. The highest BCUT2D eigenvalue weighted by Gasteiger charge is 2.20. The van der Waals surface area contributed by atoms with Crippen LogP contribution in [0.25, 0.3) is 22.4 Å². The second-order valence-corrected chi connectivity index (χ2v) is 9.98. The minimum atomic E-state index is -4.18. The average Bonchev–Trinajstić information content (AvgIpc) is 3.25. The Morgan fingerprint density at radius 1 is 1.03 bits per heavy atom. The largest absolute Gasteiger partial charge is 0.365 e. The molecule has 0 amide bonds. The molecule has 9 nitrogen and oxygen atoms in total. The fourth-order valence-electron chi connectivity index (χ4n) is 3.60. The van der Waals surface area contributed by atoms with E-state index in [1.54, 1.807) is 36.7 Å². The van der Waals surface area contributed by atoms with Crippen LogP contribution in [0.4, 0.5) is 15.9 Å². The first kappa shape index (κ1) is 23.6. The van der Waals surface area contributed by atoms with Gasteiger partial charge < -0.3 is 5.32 Å². The maximum absolute atomic E-state index is 14.1. The van der Waals surface area contributed by atoms with Crippen molar-refractivity contribution in [2.75, 3.05) is 10.0 Å². The van der Waals surface area contributed by atoms with Gasteiger partial charge in [-0.1, -0.05) is 11.6 Å². The van der Waals surface area contributed by atoms with E-state index >= 15 is 0 Å². The van der Waals surface area contributed by atoms with Crippen LogP contribution in [-0.4, -0.2) is 33.6 Å². The van der Waals surface area contributed by atoms with E-state index < -0.39 is 20.7 Å². The van der Waals surface area contributed by atoms with E-state index in [2.05, 4.69) is 30.2 Å². The zero-order chi connectivity index (χ0) is 25.3. The van der Waals surface area contributed by atoms with Gasteiger partial charge in [0.05, 0.1) is 11.1 Å². The van der Waals surface area contributed by atoms with Gasteiger partial charge in [0.15, 0.2) is 11.5 Å². The predicted octanol–water partition coefficient (Wildman–Crippen LogP) is 4.93. The number of aromatic nitrogens is 5. The van der Waals surface area contributed by atoms with E-state index in [-0.39, 0.29) is 10.7 Å². The molecule has 36 heavy (non-hydrogen) atoms. The van der Waals surface area contributed by atoms with Crippen LogP contribution < -0.4 is 10.0 Å². The van der Waals surface area contributed by atoms with Gasteiger partial charge in [-0.2, -0.15) is 5.10 Å². The van der Waals surface area contributed by atoms with Crippen LogP contribution in [0.5, 0.6) is 0 Å². The predicted molar refractivity (Wildman–Crippen MR) is 136 cm³/mol. The number of halogens is 2. The number of aryl methyl sites for hydroxylation is 1. The number of anilines is 2. The zero-order valence-corrected chi connectivity index (χ0v) is 20.4. The highest BCUT2D eigenvalue weighted by atomic mass is 35.5. The van der Waals surface area contributed by atoms with Crippen LogP contribution in [0, 0.1) is 12.7 Å². The summed E-state index contributed by atoms with van der Waals surface area (Å²) in [6, 6.07) is 13.6. The molecule has 5 aromatic rings. The molecule has 3 aromatic heterocycles. The van der Waals surface area contributed by atoms with Crippen molar-refractivity contribution < 1.29 is 12.8 Å². The number of hydrogen-bond acceptors (Lipinski definition) is 7. The average molecular weight is 524 g/mol. The molecule has 0 saturated carbocycles. The third-order valence-electron chi connectivity index (χ3n) is 5.39. The maximum Gasteiger partial charge on any atom is 0.264 e. The van der Waals surface area contributed by atoms with Crippen molar-refractivity contribution in [1.82, 2.24) is 25.1 Å². The van der Waals surface area contributed by atoms with E-state index in [9.17, 15) is 12.8 Å². The molecule has 0 unspecified atom stereocenters. The summed E-state index contributed by atoms with van der Waals surface area (Å²) >= 11 is 5.84. The van der Waals surface area contributed by atoms with Crippen molar-refractivity contribution in [3.05, 3.63) is 89.1 Å². The highest BCUT2D eigenvalue weighted by Crippen LogP contribution is 2.28. The summed E-state index contributed by atoms with van der Waals surface area (Å²) in [4.78, 5) is 12.8. The van der Waals surface area contributed by atoms with Crippen LogP contribution in [-0.2, 0) is 16.6 Å². The highest BCUT2D eigenvalue weighted by molar-refractivity contribution is 7.92. The Kier molecular flexibility index (Phi) is 6.25. The molecule has 3 N–H and O–H groups in total. The van der Waals surface area contributed by atoms with Crippen LogP contribution in [0.1, 0.15) is 11.3 Å². The molecule has 5 rings (SSSR count). The minimum Gasteiger partial charge on any atom is -0.365 e. The Balaban J connectivity index is 1.43. The molecule has 0 saturated heterocycles. The number of nitrogens with one attached hydrogen (secondary N) is 3. The van der Waals surface area contributed by atoms with E-state index in [1.807, 2.05) is 19.1 Å². The molecule has 0 aliphatic carbocycles. The first-order valence-corrected chi connectivity index (χ1v) is 12.6. The fourth-order valence-corrected chi connectivity index (χ4v) is 5.00. The minimum absolute atomic E-state index is 0.113. The number of benzene rings is 2. The van der Waals surface area contributed by atoms with Gasteiger partial charge in [0, 0.05) is 35.2 Å². The Morgan fingerprint density at radius 2 is 1.78 bits per heavy atom. The third-order valence-corrected chi connectivity index (χ3v) is 7.02. The van der Waals surface area contributed by atoms with Crippen molar-refractivity contribution in [2.24, 2.45) is 0 Å². The number of fused-ring (bicyclic) bond motifs is 1. The lowest BCUT2D eigenvalue weighted by Crippen LogP contribution is -2.14. The second kappa shape index (κ2) is 9.51. The number of sulfonamides is 1. The van der Waals surface area contributed by atoms with Crippen LogP contribution in [0.15, 0.2) is 71.9 Å². The Hall–Kier alpha value is -4.09. The molecule has 3 heterocycles. The molecule has 0 aliphatic rings.